The Morgan fingerprint density at radius 2 is 2.20 bits per heavy atom. The molecule has 0 unspecified atom stereocenters. The number of aryl methyl sites for hydroxylation is 1. The molecule has 4 rings (SSSR count). The molecule has 0 aromatic heterocycles. The maximum atomic E-state index is 12.0. The van der Waals surface area contributed by atoms with Crippen molar-refractivity contribution in [2.75, 3.05) is 13.6 Å². The summed E-state index contributed by atoms with van der Waals surface area (Å²) in [7, 11) is 1.92. The van der Waals surface area contributed by atoms with Gasteiger partial charge >= 0.3 is 6.03 Å². The monoisotopic (exact) mass is 270 g/mol. The SMILES string of the molecule is CN(C(=O)NC[C@H]1C[C@@]12CCc1ccccc12)C1CC1. The molecule has 1 spiro atoms. The molecular weight excluding hydrogens is 248 g/mol. The summed E-state index contributed by atoms with van der Waals surface area (Å²) >= 11 is 0. The number of carbonyl (C=O) groups is 1. The van der Waals surface area contributed by atoms with Crippen molar-refractivity contribution in [2.24, 2.45) is 5.92 Å². The predicted molar refractivity (Wildman–Crippen MR) is 78.7 cm³/mol. The number of fused-ring (bicyclic) bond motifs is 2. The summed E-state index contributed by atoms with van der Waals surface area (Å²) in [6.45, 7) is 0.838. The third-order valence-corrected chi connectivity index (χ3v) is 5.54. The van der Waals surface area contributed by atoms with Crippen molar-refractivity contribution >= 4 is 6.03 Å². The summed E-state index contributed by atoms with van der Waals surface area (Å²) in [4.78, 5) is 13.9. The fourth-order valence-corrected chi connectivity index (χ4v) is 3.96. The highest BCUT2D eigenvalue weighted by Crippen LogP contribution is 2.61. The van der Waals surface area contributed by atoms with Crippen LogP contribution in [-0.4, -0.2) is 30.6 Å². The summed E-state index contributed by atoms with van der Waals surface area (Å²) in [5.41, 5.74) is 3.47. The molecule has 0 heterocycles. The van der Waals surface area contributed by atoms with E-state index in [1.807, 2.05) is 11.9 Å². The van der Waals surface area contributed by atoms with Gasteiger partial charge in [-0.15, -0.1) is 0 Å². The van der Waals surface area contributed by atoms with Crippen LogP contribution >= 0.6 is 0 Å². The quantitative estimate of drug-likeness (QED) is 0.900. The maximum absolute atomic E-state index is 12.0. The van der Waals surface area contributed by atoms with Gasteiger partial charge < -0.3 is 10.2 Å². The Morgan fingerprint density at radius 1 is 1.40 bits per heavy atom. The third-order valence-electron chi connectivity index (χ3n) is 5.54. The van der Waals surface area contributed by atoms with Crippen LogP contribution in [-0.2, 0) is 11.8 Å². The highest BCUT2D eigenvalue weighted by molar-refractivity contribution is 5.74. The Balaban J connectivity index is 1.38. The van der Waals surface area contributed by atoms with Crippen LogP contribution in [0.1, 0.15) is 36.8 Å². The first kappa shape index (κ1) is 12.2. The van der Waals surface area contributed by atoms with E-state index < -0.39 is 0 Å². The number of amides is 2. The summed E-state index contributed by atoms with van der Waals surface area (Å²) in [6, 6.07) is 9.46. The van der Waals surface area contributed by atoms with Crippen molar-refractivity contribution in [1.29, 1.82) is 0 Å². The van der Waals surface area contributed by atoms with Gasteiger partial charge in [0.05, 0.1) is 0 Å². The molecule has 0 aliphatic heterocycles. The van der Waals surface area contributed by atoms with Crippen LogP contribution < -0.4 is 5.32 Å². The van der Waals surface area contributed by atoms with Gasteiger partial charge in [0.25, 0.3) is 0 Å². The number of carbonyl (C=O) groups excluding carboxylic acids is 1. The molecule has 2 fully saturated rings. The molecule has 1 aromatic carbocycles. The van der Waals surface area contributed by atoms with Gasteiger partial charge in [-0.25, -0.2) is 4.79 Å². The molecule has 2 amide bonds. The smallest absolute Gasteiger partial charge is 0.317 e. The topological polar surface area (TPSA) is 32.3 Å². The summed E-state index contributed by atoms with van der Waals surface area (Å²) in [5, 5.41) is 3.13. The summed E-state index contributed by atoms with van der Waals surface area (Å²) in [5.74, 6) is 0.641. The molecule has 1 aromatic rings. The van der Waals surface area contributed by atoms with Crippen LogP contribution in [0.15, 0.2) is 24.3 Å². The number of urea groups is 1. The minimum absolute atomic E-state index is 0.112. The predicted octanol–water partition coefficient (Wildman–Crippen LogP) is 2.69. The molecular formula is C17H22N2O. The highest BCUT2D eigenvalue weighted by Gasteiger charge is 2.57. The van der Waals surface area contributed by atoms with Crippen molar-refractivity contribution in [2.45, 2.75) is 43.6 Å². The molecule has 0 radical (unpaired) electrons. The number of nitrogens with one attached hydrogen (secondary N) is 1. The van der Waals surface area contributed by atoms with E-state index in [-0.39, 0.29) is 6.03 Å². The van der Waals surface area contributed by atoms with Crippen molar-refractivity contribution in [3.63, 3.8) is 0 Å². The number of benzene rings is 1. The van der Waals surface area contributed by atoms with E-state index in [2.05, 4.69) is 29.6 Å². The Bertz CT molecular complexity index is 552. The number of nitrogens with zero attached hydrogens (tertiary/aromatic N) is 1. The lowest BCUT2D eigenvalue weighted by Crippen LogP contribution is -2.40. The van der Waals surface area contributed by atoms with Gasteiger partial charge in [0, 0.05) is 25.0 Å². The van der Waals surface area contributed by atoms with Crippen molar-refractivity contribution in [3.8, 4) is 0 Å². The van der Waals surface area contributed by atoms with E-state index in [0.717, 1.165) is 6.54 Å². The van der Waals surface area contributed by atoms with E-state index in [1.54, 1.807) is 5.56 Å². The van der Waals surface area contributed by atoms with Crippen molar-refractivity contribution < 1.29 is 4.79 Å². The van der Waals surface area contributed by atoms with Gasteiger partial charge in [-0.05, 0) is 49.1 Å². The molecule has 20 heavy (non-hydrogen) atoms. The molecule has 3 aliphatic carbocycles. The second-order valence-electron chi connectivity index (χ2n) is 6.74. The lowest BCUT2D eigenvalue weighted by Gasteiger charge is -2.18. The van der Waals surface area contributed by atoms with Gasteiger partial charge in [0.1, 0.15) is 0 Å². The number of hydrogen-bond acceptors (Lipinski definition) is 1. The average Bonchev–Trinajstić information content (AvgIpc) is 3.36. The summed E-state index contributed by atoms with van der Waals surface area (Å²) in [6.07, 6.45) is 6.07. The summed E-state index contributed by atoms with van der Waals surface area (Å²) < 4.78 is 0. The Labute approximate surface area is 120 Å². The highest BCUT2D eigenvalue weighted by atomic mass is 16.2. The number of hydrogen-bond donors (Lipinski definition) is 1. The first-order valence-corrected chi connectivity index (χ1v) is 7.80. The Morgan fingerprint density at radius 3 is 3.00 bits per heavy atom. The molecule has 3 heteroatoms. The van der Waals surface area contributed by atoms with E-state index in [0.29, 0.717) is 17.4 Å². The fraction of sp³-hybridized carbons (Fsp3) is 0.588. The van der Waals surface area contributed by atoms with Crippen LogP contribution in [0.4, 0.5) is 4.79 Å². The minimum Gasteiger partial charge on any atom is -0.338 e. The molecule has 0 bridgehead atoms. The van der Waals surface area contributed by atoms with Crippen molar-refractivity contribution in [3.05, 3.63) is 35.4 Å². The van der Waals surface area contributed by atoms with Crippen molar-refractivity contribution in [1.82, 2.24) is 10.2 Å². The zero-order valence-electron chi connectivity index (χ0n) is 12.1. The molecule has 3 nitrogen and oxygen atoms in total. The van der Waals surface area contributed by atoms with Crippen LogP contribution in [0.5, 0.6) is 0 Å². The maximum Gasteiger partial charge on any atom is 0.317 e. The standard InChI is InChI=1S/C17H22N2O/c1-19(14-6-7-14)16(20)18-11-13-10-17(13)9-8-12-4-2-3-5-15(12)17/h2-5,13-14H,6-11H2,1H3,(H,18,20)/t13-,17+/m1/s1. The second-order valence-corrected chi connectivity index (χ2v) is 6.74. The Kier molecular flexibility index (Phi) is 2.60. The number of rotatable bonds is 3. The van der Waals surface area contributed by atoms with E-state index >= 15 is 0 Å². The molecule has 3 aliphatic rings. The molecule has 2 saturated carbocycles. The Hall–Kier alpha value is -1.51. The van der Waals surface area contributed by atoms with E-state index in [4.69, 9.17) is 0 Å². The molecule has 1 N–H and O–H groups in total. The minimum atomic E-state index is 0.112. The lowest BCUT2D eigenvalue weighted by molar-refractivity contribution is 0.206. The van der Waals surface area contributed by atoms with Gasteiger partial charge in [-0.1, -0.05) is 24.3 Å². The fourth-order valence-electron chi connectivity index (χ4n) is 3.96. The first-order chi connectivity index (χ1) is 9.71. The van der Waals surface area contributed by atoms with Gasteiger partial charge in [0.2, 0.25) is 0 Å². The van der Waals surface area contributed by atoms with E-state index in [1.165, 1.54) is 37.7 Å². The largest absolute Gasteiger partial charge is 0.338 e. The second kappa shape index (κ2) is 4.24. The molecule has 106 valence electrons. The normalized spacial score (nSPS) is 30.1. The molecule has 2 atom stereocenters. The zero-order valence-corrected chi connectivity index (χ0v) is 12.1. The lowest BCUT2D eigenvalue weighted by atomic mass is 9.95. The van der Waals surface area contributed by atoms with Gasteiger partial charge in [-0.2, -0.15) is 0 Å². The average molecular weight is 270 g/mol. The van der Waals surface area contributed by atoms with Crippen LogP contribution in [0, 0.1) is 5.92 Å². The van der Waals surface area contributed by atoms with Crippen LogP contribution in [0.2, 0.25) is 0 Å². The first-order valence-electron chi connectivity index (χ1n) is 7.80. The van der Waals surface area contributed by atoms with Gasteiger partial charge in [-0.3, -0.25) is 0 Å². The van der Waals surface area contributed by atoms with Crippen LogP contribution in [0.3, 0.4) is 0 Å². The third kappa shape index (κ3) is 1.83. The molecule has 0 saturated heterocycles. The van der Waals surface area contributed by atoms with E-state index in [9.17, 15) is 4.79 Å². The van der Waals surface area contributed by atoms with Gasteiger partial charge in [0.15, 0.2) is 0 Å². The van der Waals surface area contributed by atoms with Crippen LogP contribution in [0.25, 0.3) is 0 Å². The zero-order chi connectivity index (χ0) is 13.7.